The summed E-state index contributed by atoms with van der Waals surface area (Å²) in [5.41, 5.74) is 7.39. The van der Waals surface area contributed by atoms with Crippen molar-refractivity contribution in [3.63, 3.8) is 0 Å². The number of rotatable bonds is 5. The second kappa shape index (κ2) is 8.40. The molecule has 0 saturated heterocycles. The first-order valence-electron chi connectivity index (χ1n) is 9.77. The Kier molecular flexibility index (Phi) is 5.88. The number of ketones is 1. The number of benzene rings is 1. The minimum atomic E-state index is -0.695. The van der Waals surface area contributed by atoms with Crippen LogP contribution < -0.4 is 17.0 Å². The van der Waals surface area contributed by atoms with Gasteiger partial charge in [0.25, 0.3) is 5.56 Å². The molecule has 0 radical (unpaired) electrons. The van der Waals surface area contributed by atoms with Gasteiger partial charge in [-0.2, -0.15) is 5.26 Å². The van der Waals surface area contributed by atoms with Crippen LogP contribution in [0.4, 0.5) is 5.82 Å². The molecule has 8 heteroatoms. The number of nitrogens with zero attached hydrogens (tertiary/aromatic N) is 3. The van der Waals surface area contributed by atoms with Crippen LogP contribution in [-0.2, 0) is 6.54 Å². The average molecular weight is 417 g/mol. The van der Waals surface area contributed by atoms with Crippen LogP contribution in [0.25, 0.3) is 0 Å². The van der Waals surface area contributed by atoms with Gasteiger partial charge >= 0.3 is 5.69 Å². The third kappa shape index (κ3) is 4.46. The van der Waals surface area contributed by atoms with E-state index < -0.39 is 17.0 Å². The molecule has 2 aromatic heterocycles. The van der Waals surface area contributed by atoms with Gasteiger partial charge in [-0.05, 0) is 61.2 Å². The summed E-state index contributed by atoms with van der Waals surface area (Å²) in [6.45, 7) is 7.13. The van der Waals surface area contributed by atoms with Crippen molar-refractivity contribution in [1.82, 2.24) is 14.5 Å². The van der Waals surface area contributed by atoms with Crippen molar-refractivity contribution in [3.8, 4) is 6.07 Å². The number of H-pyrrole nitrogens is 1. The van der Waals surface area contributed by atoms with E-state index in [4.69, 9.17) is 5.73 Å². The van der Waals surface area contributed by atoms with Gasteiger partial charge in [-0.25, -0.2) is 9.78 Å². The van der Waals surface area contributed by atoms with Crippen molar-refractivity contribution in [1.29, 1.82) is 5.26 Å². The lowest BCUT2D eigenvalue weighted by atomic mass is 9.95. The highest BCUT2D eigenvalue weighted by Gasteiger charge is 2.25. The highest BCUT2D eigenvalue weighted by Crippen LogP contribution is 2.21. The van der Waals surface area contributed by atoms with Crippen molar-refractivity contribution >= 4 is 11.6 Å². The minimum Gasteiger partial charge on any atom is -0.384 e. The lowest BCUT2D eigenvalue weighted by molar-refractivity contribution is 0.102. The first-order chi connectivity index (χ1) is 14.6. The van der Waals surface area contributed by atoms with Crippen LogP contribution in [0, 0.1) is 25.2 Å². The molecule has 0 unspecified atom stereocenters. The molecule has 0 aliphatic rings. The molecule has 0 saturated carbocycles. The quantitative estimate of drug-likeness (QED) is 0.612. The van der Waals surface area contributed by atoms with Crippen molar-refractivity contribution in [2.45, 2.75) is 40.2 Å². The van der Waals surface area contributed by atoms with Crippen LogP contribution in [0.5, 0.6) is 0 Å². The van der Waals surface area contributed by atoms with Gasteiger partial charge in [0.2, 0.25) is 5.78 Å². The second-order valence-electron chi connectivity index (χ2n) is 7.83. The van der Waals surface area contributed by atoms with Gasteiger partial charge in [0.1, 0.15) is 11.5 Å². The minimum absolute atomic E-state index is 0.00581. The second-order valence-corrected chi connectivity index (χ2v) is 7.83. The number of carbonyl (C=O) groups excluding carboxylic acids is 1. The average Bonchev–Trinajstić information content (AvgIpc) is 2.67. The fraction of sp³-hybridized carbons (Fsp3) is 0.261. The Morgan fingerprint density at radius 1 is 1.19 bits per heavy atom. The van der Waals surface area contributed by atoms with Crippen molar-refractivity contribution in [2.24, 2.45) is 0 Å². The third-order valence-electron chi connectivity index (χ3n) is 4.87. The number of carbonyl (C=O) groups is 1. The zero-order chi connectivity index (χ0) is 22.9. The normalized spacial score (nSPS) is 10.8. The predicted octanol–water partition coefficient (Wildman–Crippen LogP) is 2.41. The molecular weight excluding hydrogens is 394 g/mol. The number of nitrogen functional groups attached to an aromatic ring is 1. The largest absolute Gasteiger partial charge is 0.384 e. The molecule has 0 amide bonds. The lowest BCUT2D eigenvalue weighted by Crippen LogP contribution is -2.38. The number of aryl methyl sites for hydroxylation is 2. The summed E-state index contributed by atoms with van der Waals surface area (Å²) in [4.78, 5) is 45.5. The van der Waals surface area contributed by atoms with E-state index in [1.807, 2.05) is 6.07 Å². The summed E-state index contributed by atoms with van der Waals surface area (Å²) in [7, 11) is 0. The molecule has 3 aromatic rings. The summed E-state index contributed by atoms with van der Waals surface area (Å²) < 4.78 is 1.25. The number of hydrogen-bond donors (Lipinski definition) is 2. The van der Waals surface area contributed by atoms with E-state index in [0.29, 0.717) is 22.6 Å². The Morgan fingerprint density at radius 3 is 2.52 bits per heavy atom. The van der Waals surface area contributed by atoms with Gasteiger partial charge in [-0.3, -0.25) is 19.1 Å². The van der Waals surface area contributed by atoms with Gasteiger partial charge in [0.05, 0.1) is 18.2 Å². The maximum atomic E-state index is 13.6. The van der Waals surface area contributed by atoms with Gasteiger partial charge in [0.15, 0.2) is 0 Å². The van der Waals surface area contributed by atoms with E-state index in [1.165, 1.54) is 10.6 Å². The molecule has 0 spiro atoms. The monoisotopic (exact) mass is 417 g/mol. The van der Waals surface area contributed by atoms with Gasteiger partial charge in [0, 0.05) is 16.8 Å². The third-order valence-corrected chi connectivity index (χ3v) is 4.87. The van der Waals surface area contributed by atoms with Crippen molar-refractivity contribution in [3.05, 3.63) is 90.4 Å². The Labute approximate surface area is 179 Å². The number of anilines is 1. The number of nitrogens with two attached hydrogens (primary N) is 1. The van der Waals surface area contributed by atoms with Crippen LogP contribution in [-0.4, -0.2) is 20.3 Å². The smallest absolute Gasteiger partial charge is 0.329 e. The number of aromatic amines is 1. The van der Waals surface area contributed by atoms with E-state index in [0.717, 1.165) is 5.56 Å². The van der Waals surface area contributed by atoms with E-state index in [9.17, 15) is 19.6 Å². The summed E-state index contributed by atoms with van der Waals surface area (Å²) in [5.74, 6) is -0.522. The molecule has 0 fully saturated rings. The summed E-state index contributed by atoms with van der Waals surface area (Å²) in [5, 5.41) is 9.28. The lowest BCUT2D eigenvalue weighted by Gasteiger charge is -2.18. The van der Waals surface area contributed by atoms with Crippen molar-refractivity contribution in [2.75, 3.05) is 5.73 Å². The fourth-order valence-corrected chi connectivity index (χ4v) is 3.68. The fourth-order valence-electron chi connectivity index (χ4n) is 3.68. The molecule has 158 valence electrons. The Morgan fingerprint density at radius 2 is 1.90 bits per heavy atom. The Bertz CT molecular complexity index is 1320. The van der Waals surface area contributed by atoms with Crippen LogP contribution in [0.1, 0.15) is 63.8 Å². The molecular formula is C23H23N5O3. The molecule has 31 heavy (non-hydrogen) atoms. The first-order valence-corrected chi connectivity index (χ1v) is 9.77. The van der Waals surface area contributed by atoms with Crippen molar-refractivity contribution < 1.29 is 4.79 Å². The molecule has 3 N–H and O–H groups in total. The highest BCUT2D eigenvalue weighted by molar-refractivity contribution is 6.09. The number of hydrogen-bond acceptors (Lipinski definition) is 6. The summed E-state index contributed by atoms with van der Waals surface area (Å²) in [6.07, 6.45) is 0. The van der Waals surface area contributed by atoms with Crippen LogP contribution in [0.3, 0.4) is 0 Å². The molecule has 0 aliphatic heterocycles. The number of aromatic nitrogens is 3. The topological polar surface area (TPSA) is 135 Å². The van der Waals surface area contributed by atoms with Crippen LogP contribution >= 0.6 is 0 Å². The predicted molar refractivity (Wildman–Crippen MR) is 117 cm³/mol. The summed E-state index contributed by atoms with van der Waals surface area (Å²) >= 11 is 0. The molecule has 1 aromatic carbocycles. The highest BCUT2D eigenvalue weighted by atomic mass is 16.2. The zero-order valence-electron chi connectivity index (χ0n) is 17.8. The number of nitrogens with one attached hydrogen (secondary N) is 1. The molecule has 0 bridgehead atoms. The standard InChI is InChI=1S/C23H23N5O3/c1-12(2)19-20(21(29)17-6-13(3)5-15(8-17)10-24)28(23(31)27-22(19)30)11-16-7-14(4)26-18(25)9-16/h5-9,12H,11H2,1-4H3,(H2,25,26)(H,27,30,31). The molecule has 3 rings (SSSR count). The molecule has 2 heterocycles. The Balaban J connectivity index is 2.30. The maximum absolute atomic E-state index is 13.6. The Hall–Kier alpha value is -3.99. The van der Waals surface area contributed by atoms with Crippen LogP contribution in [0.15, 0.2) is 39.9 Å². The number of pyridine rings is 1. The first kappa shape index (κ1) is 21.7. The van der Waals surface area contributed by atoms with Gasteiger partial charge in [-0.15, -0.1) is 0 Å². The van der Waals surface area contributed by atoms with Gasteiger partial charge < -0.3 is 5.73 Å². The zero-order valence-corrected chi connectivity index (χ0v) is 17.8. The maximum Gasteiger partial charge on any atom is 0.329 e. The van der Waals surface area contributed by atoms with E-state index in [1.54, 1.807) is 52.0 Å². The van der Waals surface area contributed by atoms with E-state index in [2.05, 4.69) is 9.97 Å². The van der Waals surface area contributed by atoms with Crippen LogP contribution in [0.2, 0.25) is 0 Å². The molecule has 0 atom stereocenters. The van der Waals surface area contributed by atoms with E-state index >= 15 is 0 Å². The van der Waals surface area contributed by atoms with E-state index in [-0.39, 0.29) is 29.3 Å². The molecule has 8 nitrogen and oxygen atoms in total. The molecule has 0 aliphatic carbocycles. The van der Waals surface area contributed by atoms with Gasteiger partial charge in [-0.1, -0.05) is 13.8 Å². The summed E-state index contributed by atoms with van der Waals surface area (Å²) in [6, 6.07) is 10.2. The number of nitriles is 1. The SMILES string of the molecule is Cc1cc(C#N)cc(C(=O)c2c(C(C)C)c(=O)[nH]c(=O)n2Cc2cc(C)nc(N)c2)c1.